The molecule has 1 atom stereocenters. The number of piperazine rings is 1. The summed E-state index contributed by atoms with van der Waals surface area (Å²) in [6, 6.07) is 15.6. The largest absolute Gasteiger partial charge is 0.416 e. The first kappa shape index (κ1) is 26.9. The van der Waals surface area contributed by atoms with E-state index in [0.29, 0.717) is 26.2 Å². The van der Waals surface area contributed by atoms with Gasteiger partial charge in [0, 0.05) is 37.6 Å². The summed E-state index contributed by atoms with van der Waals surface area (Å²) in [4.78, 5) is 29.6. The third-order valence-electron chi connectivity index (χ3n) is 6.21. The highest BCUT2D eigenvalue weighted by molar-refractivity contribution is 6.02. The van der Waals surface area contributed by atoms with Crippen molar-refractivity contribution in [2.75, 3.05) is 43.0 Å². The van der Waals surface area contributed by atoms with Crippen molar-refractivity contribution in [2.45, 2.75) is 12.2 Å². The molecule has 2 amide bonds. The first-order valence-electron chi connectivity index (χ1n) is 11.9. The number of carbonyl (C=O) groups excluding carboxylic acids is 2. The van der Waals surface area contributed by atoms with Crippen molar-refractivity contribution < 1.29 is 32.3 Å². The number of carbonyl (C=O) groups is 2. The van der Waals surface area contributed by atoms with Crippen molar-refractivity contribution in [3.05, 3.63) is 89.7 Å². The smallest absolute Gasteiger partial charge is 0.394 e. The quantitative estimate of drug-likeness (QED) is 0.402. The van der Waals surface area contributed by atoms with Gasteiger partial charge in [0.05, 0.1) is 23.4 Å². The summed E-state index contributed by atoms with van der Waals surface area (Å²) in [5, 5.41) is 15.2. The molecule has 200 valence electrons. The first-order valence-corrected chi connectivity index (χ1v) is 11.9. The Morgan fingerprint density at radius 1 is 0.921 bits per heavy atom. The fraction of sp³-hybridized carbons (Fsp3) is 0.259. The molecular weight excluding hydrogens is 504 g/mol. The molecule has 1 aliphatic heterocycles. The van der Waals surface area contributed by atoms with Crippen molar-refractivity contribution in [1.82, 2.24) is 10.2 Å². The number of nitrogens with one attached hydrogen (secondary N) is 2. The van der Waals surface area contributed by atoms with Gasteiger partial charge in [-0.1, -0.05) is 18.2 Å². The van der Waals surface area contributed by atoms with Gasteiger partial charge in [-0.25, -0.2) is 4.39 Å². The predicted molar refractivity (Wildman–Crippen MR) is 135 cm³/mol. The number of halogens is 4. The van der Waals surface area contributed by atoms with E-state index in [1.54, 1.807) is 24.3 Å². The highest BCUT2D eigenvalue weighted by atomic mass is 19.4. The Morgan fingerprint density at radius 3 is 2.26 bits per heavy atom. The zero-order chi connectivity index (χ0) is 27.3. The monoisotopic (exact) mass is 530 g/mol. The number of aliphatic hydroxyl groups excluding tert-OH is 1. The van der Waals surface area contributed by atoms with Gasteiger partial charge in [0.2, 0.25) is 5.91 Å². The van der Waals surface area contributed by atoms with Crippen molar-refractivity contribution in [1.29, 1.82) is 0 Å². The number of aliphatic hydroxyl groups is 1. The second kappa shape index (κ2) is 11.5. The number of hydrogen-bond donors (Lipinski definition) is 3. The molecule has 0 aliphatic carbocycles. The van der Waals surface area contributed by atoms with Crippen LogP contribution in [0, 0.1) is 5.82 Å². The summed E-state index contributed by atoms with van der Waals surface area (Å²) in [6.45, 7) is 1.04. The molecule has 1 saturated heterocycles. The Kier molecular flexibility index (Phi) is 8.16. The van der Waals surface area contributed by atoms with E-state index < -0.39 is 36.2 Å². The summed E-state index contributed by atoms with van der Waals surface area (Å²) in [6.07, 6.45) is -4.52. The molecular formula is C27H26F4N4O3. The third-order valence-corrected chi connectivity index (χ3v) is 6.21. The van der Waals surface area contributed by atoms with Gasteiger partial charge in [-0.15, -0.1) is 0 Å². The summed E-state index contributed by atoms with van der Waals surface area (Å²) >= 11 is 0. The lowest BCUT2D eigenvalue weighted by Crippen LogP contribution is -2.56. The minimum atomic E-state index is -4.52. The number of rotatable bonds is 7. The topological polar surface area (TPSA) is 84.9 Å². The van der Waals surface area contributed by atoms with Crippen LogP contribution in [0.25, 0.3) is 0 Å². The van der Waals surface area contributed by atoms with Crippen LogP contribution in [0.4, 0.5) is 34.6 Å². The molecule has 11 heteroatoms. The van der Waals surface area contributed by atoms with Crippen molar-refractivity contribution in [3.63, 3.8) is 0 Å². The van der Waals surface area contributed by atoms with Crippen LogP contribution in [0.1, 0.15) is 15.9 Å². The van der Waals surface area contributed by atoms with Crippen LogP contribution < -0.4 is 15.5 Å². The zero-order valence-corrected chi connectivity index (χ0v) is 20.2. The summed E-state index contributed by atoms with van der Waals surface area (Å²) < 4.78 is 52.4. The number of hydrogen-bond acceptors (Lipinski definition) is 5. The molecule has 7 nitrogen and oxygen atoms in total. The van der Waals surface area contributed by atoms with Crippen molar-refractivity contribution in [2.24, 2.45) is 0 Å². The molecule has 3 aromatic carbocycles. The SMILES string of the molecule is O=C(N[C@@H](CO)C(=O)N1CCN(c2ccc(F)cc2)CC1)c1ccccc1Nc1cccc(C(F)(F)F)c1. The average molecular weight is 531 g/mol. The van der Waals surface area contributed by atoms with E-state index in [9.17, 15) is 32.3 Å². The zero-order valence-electron chi connectivity index (χ0n) is 20.2. The van der Waals surface area contributed by atoms with Gasteiger partial charge in [0.25, 0.3) is 5.91 Å². The van der Waals surface area contributed by atoms with Gasteiger partial charge in [-0.2, -0.15) is 13.2 Å². The normalized spacial score (nSPS) is 14.7. The Morgan fingerprint density at radius 2 is 1.61 bits per heavy atom. The number of para-hydroxylation sites is 1. The average Bonchev–Trinajstić information content (AvgIpc) is 2.92. The molecule has 0 bridgehead atoms. The van der Waals surface area contributed by atoms with E-state index in [4.69, 9.17) is 0 Å². The van der Waals surface area contributed by atoms with Crippen molar-refractivity contribution >= 4 is 28.9 Å². The first-order chi connectivity index (χ1) is 18.2. The summed E-state index contributed by atoms with van der Waals surface area (Å²) in [5.74, 6) is -1.46. The van der Waals surface area contributed by atoms with Crippen LogP contribution in [0.15, 0.2) is 72.8 Å². The number of anilines is 3. The number of alkyl halides is 3. The van der Waals surface area contributed by atoms with E-state index in [1.165, 1.54) is 41.3 Å². The van der Waals surface area contributed by atoms with Gasteiger partial charge in [0.15, 0.2) is 0 Å². The maximum atomic E-state index is 13.2. The molecule has 1 heterocycles. The molecule has 3 aromatic rings. The predicted octanol–water partition coefficient (Wildman–Crippen LogP) is 4.03. The fourth-order valence-corrected chi connectivity index (χ4v) is 4.20. The molecule has 0 aromatic heterocycles. The minimum absolute atomic E-state index is 0.0947. The van der Waals surface area contributed by atoms with Gasteiger partial charge >= 0.3 is 6.18 Å². The van der Waals surface area contributed by atoms with Crippen molar-refractivity contribution in [3.8, 4) is 0 Å². The fourth-order valence-electron chi connectivity index (χ4n) is 4.20. The number of nitrogens with zero attached hydrogens (tertiary/aromatic N) is 2. The van der Waals surface area contributed by atoms with Gasteiger partial charge in [-0.3, -0.25) is 9.59 Å². The van der Waals surface area contributed by atoms with E-state index in [0.717, 1.165) is 17.8 Å². The van der Waals surface area contributed by atoms with Gasteiger partial charge in [-0.05, 0) is 54.6 Å². The van der Waals surface area contributed by atoms with Crippen LogP contribution in [-0.2, 0) is 11.0 Å². The van der Waals surface area contributed by atoms with E-state index in [2.05, 4.69) is 10.6 Å². The number of benzene rings is 3. The van der Waals surface area contributed by atoms with Gasteiger partial charge in [0.1, 0.15) is 11.9 Å². The molecule has 0 saturated carbocycles. The molecule has 3 N–H and O–H groups in total. The Labute approximate surface area is 216 Å². The standard InChI is InChI=1S/C27H26F4N4O3/c28-19-8-10-21(11-9-19)34-12-14-35(15-13-34)26(38)24(17-36)33-25(37)22-6-1-2-7-23(22)32-20-5-3-4-18(16-20)27(29,30)31/h1-11,16,24,32,36H,12-15,17H2,(H,33,37)/t24-/m0/s1. The molecule has 0 unspecified atom stereocenters. The lowest BCUT2D eigenvalue weighted by atomic mass is 10.1. The summed E-state index contributed by atoms with van der Waals surface area (Å²) in [5.41, 5.74) is 0.456. The number of amides is 2. The van der Waals surface area contributed by atoms with Crippen LogP contribution >= 0.6 is 0 Å². The van der Waals surface area contributed by atoms with E-state index in [1.807, 2.05) is 4.90 Å². The van der Waals surface area contributed by atoms with Crippen LogP contribution in [0.3, 0.4) is 0 Å². The minimum Gasteiger partial charge on any atom is -0.394 e. The molecule has 0 spiro atoms. The van der Waals surface area contributed by atoms with E-state index in [-0.39, 0.29) is 22.8 Å². The Balaban J connectivity index is 1.41. The highest BCUT2D eigenvalue weighted by Gasteiger charge is 2.31. The maximum Gasteiger partial charge on any atom is 0.416 e. The Bertz CT molecular complexity index is 1280. The maximum absolute atomic E-state index is 13.2. The molecule has 1 aliphatic rings. The van der Waals surface area contributed by atoms with Crippen LogP contribution in [0.5, 0.6) is 0 Å². The lowest BCUT2D eigenvalue weighted by molar-refractivity contribution is -0.137. The highest BCUT2D eigenvalue weighted by Crippen LogP contribution is 2.32. The third kappa shape index (κ3) is 6.41. The lowest BCUT2D eigenvalue weighted by Gasteiger charge is -2.37. The summed E-state index contributed by atoms with van der Waals surface area (Å²) in [7, 11) is 0. The second-order valence-corrected chi connectivity index (χ2v) is 8.75. The van der Waals surface area contributed by atoms with Gasteiger partial charge < -0.3 is 25.5 Å². The molecule has 4 rings (SSSR count). The Hall–Kier alpha value is -4.12. The van der Waals surface area contributed by atoms with Crippen LogP contribution in [-0.4, -0.2) is 60.6 Å². The molecule has 0 radical (unpaired) electrons. The molecule has 1 fully saturated rings. The second-order valence-electron chi connectivity index (χ2n) is 8.75. The van der Waals surface area contributed by atoms with E-state index >= 15 is 0 Å². The molecule has 38 heavy (non-hydrogen) atoms. The van der Waals surface area contributed by atoms with Crippen LogP contribution in [0.2, 0.25) is 0 Å².